The highest BCUT2D eigenvalue weighted by molar-refractivity contribution is 7.14. The Balaban J connectivity index is 1.79. The third kappa shape index (κ3) is 3.28. The predicted octanol–water partition coefficient (Wildman–Crippen LogP) is 4.82. The van der Waals surface area contributed by atoms with Crippen LogP contribution in [0.3, 0.4) is 0 Å². The molecule has 0 bridgehead atoms. The van der Waals surface area contributed by atoms with Crippen LogP contribution in [-0.2, 0) is 6.42 Å². The number of nitrogens with one attached hydrogen (secondary N) is 1. The second-order valence-electron chi connectivity index (χ2n) is 4.93. The summed E-state index contributed by atoms with van der Waals surface area (Å²) < 4.78 is 0. The summed E-state index contributed by atoms with van der Waals surface area (Å²) in [5, 5.41) is 6.19. The van der Waals surface area contributed by atoms with Gasteiger partial charge in [0.05, 0.1) is 5.69 Å². The van der Waals surface area contributed by atoms with Crippen molar-refractivity contribution in [1.82, 2.24) is 9.97 Å². The average Bonchev–Trinajstić information content (AvgIpc) is 2.96. The quantitative estimate of drug-likeness (QED) is 0.750. The highest BCUT2D eigenvalue weighted by atomic mass is 32.1. The van der Waals surface area contributed by atoms with Gasteiger partial charge in [0.25, 0.3) is 0 Å². The van der Waals surface area contributed by atoms with Gasteiger partial charge in [-0.3, -0.25) is 0 Å². The summed E-state index contributed by atoms with van der Waals surface area (Å²) in [6.45, 7) is 4.21. The maximum absolute atomic E-state index is 4.63. The SMILES string of the molecule is CCc1ccc(-c2csc(Nc3cc(C)ccn3)n2)cc1. The molecular formula is C17H17N3S. The normalized spacial score (nSPS) is 10.6. The Bertz CT molecular complexity index is 732. The van der Waals surface area contributed by atoms with Crippen molar-refractivity contribution < 1.29 is 0 Å². The highest BCUT2D eigenvalue weighted by Crippen LogP contribution is 2.27. The first-order valence-electron chi connectivity index (χ1n) is 6.99. The molecule has 0 aliphatic carbocycles. The third-order valence-electron chi connectivity index (χ3n) is 3.31. The van der Waals surface area contributed by atoms with Crippen LogP contribution < -0.4 is 5.32 Å². The smallest absolute Gasteiger partial charge is 0.188 e. The molecule has 21 heavy (non-hydrogen) atoms. The number of aryl methyl sites for hydroxylation is 2. The van der Waals surface area contributed by atoms with Crippen LogP contribution in [0, 0.1) is 6.92 Å². The van der Waals surface area contributed by atoms with E-state index in [2.05, 4.69) is 58.8 Å². The Hall–Kier alpha value is -2.20. The fourth-order valence-corrected chi connectivity index (χ4v) is 2.82. The van der Waals surface area contributed by atoms with Crippen molar-refractivity contribution in [3.8, 4) is 11.3 Å². The van der Waals surface area contributed by atoms with E-state index in [0.717, 1.165) is 28.6 Å². The lowest BCUT2D eigenvalue weighted by Crippen LogP contribution is -1.93. The van der Waals surface area contributed by atoms with Gasteiger partial charge in [-0.2, -0.15) is 0 Å². The number of pyridine rings is 1. The molecule has 2 heterocycles. The van der Waals surface area contributed by atoms with Gasteiger partial charge in [0.1, 0.15) is 5.82 Å². The Morgan fingerprint density at radius 2 is 1.95 bits per heavy atom. The van der Waals surface area contributed by atoms with Crippen molar-refractivity contribution in [2.75, 3.05) is 5.32 Å². The molecule has 0 aliphatic rings. The van der Waals surface area contributed by atoms with E-state index >= 15 is 0 Å². The molecule has 0 radical (unpaired) electrons. The van der Waals surface area contributed by atoms with Gasteiger partial charge in [-0.15, -0.1) is 11.3 Å². The maximum atomic E-state index is 4.63. The van der Waals surface area contributed by atoms with Crippen LogP contribution >= 0.6 is 11.3 Å². The number of thiazole rings is 1. The highest BCUT2D eigenvalue weighted by Gasteiger charge is 2.05. The lowest BCUT2D eigenvalue weighted by Gasteiger charge is -2.02. The van der Waals surface area contributed by atoms with E-state index in [1.807, 2.05) is 12.1 Å². The fraction of sp³-hybridized carbons (Fsp3) is 0.176. The molecule has 0 fully saturated rings. The molecule has 0 spiro atoms. The molecule has 3 rings (SSSR count). The monoisotopic (exact) mass is 295 g/mol. The molecule has 0 saturated heterocycles. The van der Waals surface area contributed by atoms with Gasteiger partial charge in [0.15, 0.2) is 5.13 Å². The Morgan fingerprint density at radius 1 is 1.14 bits per heavy atom. The van der Waals surface area contributed by atoms with Gasteiger partial charge in [0.2, 0.25) is 0 Å². The average molecular weight is 295 g/mol. The van der Waals surface area contributed by atoms with E-state index in [1.165, 1.54) is 11.1 Å². The summed E-state index contributed by atoms with van der Waals surface area (Å²) in [5.74, 6) is 0.831. The van der Waals surface area contributed by atoms with Gasteiger partial charge in [0, 0.05) is 17.1 Å². The summed E-state index contributed by atoms with van der Waals surface area (Å²) in [6.07, 6.45) is 2.86. The first-order chi connectivity index (χ1) is 10.2. The molecule has 1 N–H and O–H groups in total. The van der Waals surface area contributed by atoms with Crippen LogP contribution in [0.1, 0.15) is 18.1 Å². The minimum absolute atomic E-state index is 0.831. The van der Waals surface area contributed by atoms with Gasteiger partial charge in [-0.1, -0.05) is 31.2 Å². The second-order valence-corrected chi connectivity index (χ2v) is 5.79. The van der Waals surface area contributed by atoms with E-state index in [0.29, 0.717) is 0 Å². The third-order valence-corrected chi connectivity index (χ3v) is 4.07. The zero-order valence-electron chi connectivity index (χ0n) is 12.1. The topological polar surface area (TPSA) is 37.8 Å². The first kappa shape index (κ1) is 13.8. The molecular weight excluding hydrogens is 278 g/mol. The largest absolute Gasteiger partial charge is 0.316 e. The summed E-state index contributed by atoms with van der Waals surface area (Å²) in [7, 11) is 0. The maximum Gasteiger partial charge on any atom is 0.188 e. The lowest BCUT2D eigenvalue weighted by atomic mass is 10.1. The van der Waals surface area contributed by atoms with Gasteiger partial charge >= 0.3 is 0 Å². The van der Waals surface area contributed by atoms with Crippen LogP contribution in [-0.4, -0.2) is 9.97 Å². The number of benzene rings is 1. The molecule has 0 aliphatic heterocycles. The van der Waals surface area contributed by atoms with E-state index in [-0.39, 0.29) is 0 Å². The van der Waals surface area contributed by atoms with Crippen molar-refractivity contribution in [3.63, 3.8) is 0 Å². The molecule has 4 heteroatoms. The summed E-state index contributed by atoms with van der Waals surface area (Å²) in [5.41, 5.74) is 4.67. The Kier molecular flexibility index (Phi) is 3.97. The molecule has 0 amide bonds. The van der Waals surface area contributed by atoms with Gasteiger partial charge in [-0.05, 0) is 36.6 Å². The van der Waals surface area contributed by atoms with Crippen molar-refractivity contribution in [2.45, 2.75) is 20.3 Å². The first-order valence-corrected chi connectivity index (χ1v) is 7.87. The van der Waals surface area contributed by atoms with Crippen LogP contribution in [0.4, 0.5) is 10.9 Å². The van der Waals surface area contributed by atoms with E-state index in [9.17, 15) is 0 Å². The van der Waals surface area contributed by atoms with Crippen molar-refractivity contribution in [1.29, 1.82) is 0 Å². The summed E-state index contributed by atoms with van der Waals surface area (Å²) in [4.78, 5) is 8.92. The van der Waals surface area contributed by atoms with Crippen LogP contribution in [0.2, 0.25) is 0 Å². The molecule has 1 aromatic carbocycles. The fourth-order valence-electron chi connectivity index (χ4n) is 2.09. The Labute approximate surface area is 128 Å². The Morgan fingerprint density at radius 3 is 2.67 bits per heavy atom. The lowest BCUT2D eigenvalue weighted by molar-refractivity contribution is 1.14. The molecule has 3 aromatic rings. The number of aromatic nitrogens is 2. The minimum atomic E-state index is 0.831. The number of hydrogen-bond acceptors (Lipinski definition) is 4. The van der Waals surface area contributed by atoms with Crippen LogP contribution in [0.5, 0.6) is 0 Å². The number of rotatable bonds is 4. The van der Waals surface area contributed by atoms with Crippen LogP contribution in [0.25, 0.3) is 11.3 Å². The zero-order valence-corrected chi connectivity index (χ0v) is 12.9. The number of nitrogens with zero attached hydrogens (tertiary/aromatic N) is 2. The standard InChI is InChI=1S/C17H17N3S/c1-3-13-4-6-14(7-5-13)15-11-21-17(19-15)20-16-10-12(2)8-9-18-16/h4-11H,3H2,1-2H3,(H,18,19,20). The summed E-state index contributed by atoms with van der Waals surface area (Å²) >= 11 is 1.59. The molecule has 3 nitrogen and oxygen atoms in total. The van der Waals surface area contributed by atoms with Gasteiger partial charge < -0.3 is 5.32 Å². The van der Waals surface area contributed by atoms with E-state index < -0.39 is 0 Å². The van der Waals surface area contributed by atoms with E-state index in [4.69, 9.17) is 0 Å². The molecule has 0 unspecified atom stereocenters. The van der Waals surface area contributed by atoms with Crippen molar-refractivity contribution >= 4 is 22.3 Å². The predicted molar refractivity (Wildman–Crippen MR) is 89.2 cm³/mol. The van der Waals surface area contributed by atoms with E-state index in [1.54, 1.807) is 17.5 Å². The molecule has 0 saturated carbocycles. The van der Waals surface area contributed by atoms with Crippen LogP contribution in [0.15, 0.2) is 48.0 Å². The van der Waals surface area contributed by atoms with Gasteiger partial charge in [-0.25, -0.2) is 9.97 Å². The zero-order chi connectivity index (χ0) is 14.7. The second kappa shape index (κ2) is 6.06. The van der Waals surface area contributed by atoms with Crippen molar-refractivity contribution in [3.05, 3.63) is 59.1 Å². The molecule has 0 atom stereocenters. The minimum Gasteiger partial charge on any atom is -0.316 e. The van der Waals surface area contributed by atoms with Crippen molar-refractivity contribution in [2.24, 2.45) is 0 Å². The summed E-state index contributed by atoms with van der Waals surface area (Å²) in [6, 6.07) is 12.6. The molecule has 106 valence electrons. The number of anilines is 2. The molecule has 2 aromatic heterocycles. The number of hydrogen-bond donors (Lipinski definition) is 1.